The van der Waals surface area contributed by atoms with Crippen LogP contribution in [0.5, 0.6) is 0 Å². The van der Waals surface area contributed by atoms with E-state index in [0.717, 1.165) is 31.4 Å². The summed E-state index contributed by atoms with van der Waals surface area (Å²) in [6.45, 7) is 9.60. The zero-order valence-corrected chi connectivity index (χ0v) is 17.7. The van der Waals surface area contributed by atoms with Crippen molar-refractivity contribution in [3.63, 3.8) is 0 Å². The van der Waals surface area contributed by atoms with E-state index in [4.69, 9.17) is 0 Å². The van der Waals surface area contributed by atoms with E-state index in [1.807, 2.05) is 13.2 Å². The van der Waals surface area contributed by atoms with Crippen molar-refractivity contribution in [2.24, 2.45) is 10.9 Å². The Bertz CT molecular complexity index is 512. The lowest BCUT2D eigenvalue weighted by molar-refractivity contribution is 0.481. The van der Waals surface area contributed by atoms with Crippen LogP contribution in [0.4, 0.5) is 5.82 Å². The van der Waals surface area contributed by atoms with Gasteiger partial charge in [-0.3, -0.25) is 4.99 Å². The molecule has 1 aliphatic rings. The molecule has 0 aliphatic carbocycles. The molecule has 24 heavy (non-hydrogen) atoms. The van der Waals surface area contributed by atoms with Crippen molar-refractivity contribution >= 4 is 35.8 Å². The molecule has 1 aromatic heterocycles. The molecule has 0 bridgehead atoms. The highest BCUT2D eigenvalue weighted by molar-refractivity contribution is 14.0. The highest BCUT2D eigenvalue weighted by Crippen LogP contribution is 2.18. The topological polar surface area (TPSA) is 52.6 Å². The first kappa shape index (κ1) is 21.0. The van der Waals surface area contributed by atoms with Crippen LogP contribution in [0.15, 0.2) is 23.3 Å². The normalized spacial score (nSPS) is 16.5. The van der Waals surface area contributed by atoms with Crippen molar-refractivity contribution in [2.45, 2.75) is 52.6 Å². The first-order valence-electron chi connectivity index (χ1n) is 8.77. The monoisotopic (exact) mass is 445 g/mol. The minimum absolute atomic E-state index is 0. The summed E-state index contributed by atoms with van der Waals surface area (Å²) in [6.07, 6.45) is 5.79. The molecule has 2 heterocycles. The Labute approximate surface area is 163 Å². The maximum atomic E-state index is 4.53. The SMILES string of the molecule is CN=C(NCc1ccnc(N2CCCCC2)c1)NC(C)C(C)C.I. The molecular formula is C18H32IN5. The van der Waals surface area contributed by atoms with Gasteiger partial charge in [0.2, 0.25) is 0 Å². The lowest BCUT2D eigenvalue weighted by Gasteiger charge is -2.28. The number of anilines is 1. The highest BCUT2D eigenvalue weighted by Gasteiger charge is 2.13. The van der Waals surface area contributed by atoms with E-state index in [1.165, 1.54) is 24.8 Å². The van der Waals surface area contributed by atoms with E-state index in [-0.39, 0.29) is 24.0 Å². The standard InChI is InChI=1S/C18H31N5.HI/c1-14(2)15(3)22-18(19-4)21-13-16-8-9-20-17(12-16)23-10-6-5-7-11-23;/h8-9,12,14-15H,5-7,10-11,13H2,1-4H3,(H2,19,21,22);1H. The number of nitrogens with one attached hydrogen (secondary N) is 2. The summed E-state index contributed by atoms with van der Waals surface area (Å²) in [4.78, 5) is 11.2. The zero-order valence-electron chi connectivity index (χ0n) is 15.4. The molecule has 1 atom stereocenters. The number of piperidine rings is 1. The second kappa shape index (κ2) is 10.7. The van der Waals surface area contributed by atoms with Crippen LogP contribution >= 0.6 is 24.0 Å². The van der Waals surface area contributed by atoms with E-state index in [1.54, 1.807) is 0 Å². The van der Waals surface area contributed by atoms with Gasteiger partial charge in [-0.2, -0.15) is 0 Å². The number of rotatable bonds is 5. The average Bonchev–Trinajstić information content (AvgIpc) is 2.59. The van der Waals surface area contributed by atoms with E-state index >= 15 is 0 Å². The lowest BCUT2D eigenvalue weighted by Crippen LogP contribution is -2.43. The molecule has 0 amide bonds. The summed E-state index contributed by atoms with van der Waals surface area (Å²) in [5, 5.41) is 6.82. The summed E-state index contributed by atoms with van der Waals surface area (Å²) in [7, 11) is 1.81. The van der Waals surface area contributed by atoms with Gasteiger partial charge < -0.3 is 15.5 Å². The predicted molar refractivity (Wildman–Crippen MR) is 113 cm³/mol. The summed E-state index contributed by atoms with van der Waals surface area (Å²) in [5.74, 6) is 2.52. The van der Waals surface area contributed by atoms with Gasteiger partial charge in [0, 0.05) is 38.9 Å². The second-order valence-corrected chi connectivity index (χ2v) is 6.67. The fourth-order valence-corrected chi connectivity index (χ4v) is 2.63. The van der Waals surface area contributed by atoms with Crippen molar-refractivity contribution in [2.75, 3.05) is 25.0 Å². The van der Waals surface area contributed by atoms with Crippen molar-refractivity contribution in [3.8, 4) is 0 Å². The number of halogens is 1. The fraction of sp³-hybridized carbons (Fsp3) is 0.667. The van der Waals surface area contributed by atoms with Gasteiger partial charge in [0.15, 0.2) is 5.96 Å². The molecule has 1 saturated heterocycles. The number of hydrogen-bond donors (Lipinski definition) is 2. The third kappa shape index (κ3) is 6.45. The molecule has 0 spiro atoms. The molecule has 6 heteroatoms. The van der Waals surface area contributed by atoms with Crippen molar-refractivity contribution in [1.29, 1.82) is 0 Å². The number of nitrogens with zero attached hydrogens (tertiary/aromatic N) is 3. The van der Waals surface area contributed by atoms with Crippen LogP contribution in [0.25, 0.3) is 0 Å². The van der Waals surface area contributed by atoms with Crippen LogP contribution in [0.3, 0.4) is 0 Å². The number of aliphatic imine (C=N–C) groups is 1. The molecule has 2 rings (SSSR count). The Hall–Kier alpha value is -1.05. The Balaban J connectivity index is 0.00000288. The summed E-state index contributed by atoms with van der Waals surface area (Å²) in [5.41, 5.74) is 1.24. The molecular weight excluding hydrogens is 413 g/mol. The smallest absolute Gasteiger partial charge is 0.191 e. The van der Waals surface area contributed by atoms with Crippen molar-refractivity contribution in [3.05, 3.63) is 23.9 Å². The van der Waals surface area contributed by atoms with Crippen LogP contribution in [-0.2, 0) is 6.54 Å². The van der Waals surface area contributed by atoms with E-state index in [9.17, 15) is 0 Å². The molecule has 0 saturated carbocycles. The fourth-order valence-electron chi connectivity index (χ4n) is 2.63. The highest BCUT2D eigenvalue weighted by atomic mass is 127. The minimum Gasteiger partial charge on any atom is -0.357 e. The first-order valence-corrected chi connectivity index (χ1v) is 8.77. The number of aromatic nitrogens is 1. The Morgan fingerprint density at radius 2 is 1.96 bits per heavy atom. The van der Waals surface area contributed by atoms with Crippen molar-refractivity contribution < 1.29 is 0 Å². The second-order valence-electron chi connectivity index (χ2n) is 6.67. The Kier molecular flexibility index (Phi) is 9.39. The average molecular weight is 445 g/mol. The minimum atomic E-state index is 0. The molecule has 1 aromatic rings. The van der Waals surface area contributed by atoms with Crippen LogP contribution < -0.4 is 15.5 Å². The zero-order chi connectivity index (χ0) is 16.7. The van der Waals surface area contributed by atoms with Gasteiger partial charge in [-0.25, -0.2) is 4.98 Å². The molecule has 5 nitrogen and oxygen atoms in total. The summed E-state index contributed by atoms with van der Waals surface area (Å²) < 4.78 is 0. The molecule has 0 aromatic carbocycles. The molecule has 136 valence electrons. The van der Waals surface area contributed by atoms with Gasteiger partial charge in [-0.05, 0) is 49.8 Å². The molecule has 1 unspecified atom stereocenters. The van der Waals surface area contributed by atoms with Crippen LogP contribution in [-0.4, -0.2) is 37.1 Å². The third-order valence-electron chi connectivity index (χ3n) is 4.54. The quantitative estimate of drug-likeness (QED) is 0.415. The van der Waals surface area contributed by atoms with Crippen LogP contribution in [0.2, 0.25) is 0 Å². The van der Waals surface area contributed by atoms with Crippen molar-refractivity contribution in [1.82, 2.24) is 15.6 Å². The Morgan fingerprint density at radius 3 is 2.58 bits per heavy atom. The Morgan fingerprint density at radius 1 is 1.25 bits per heavy atom. The molecule has 2 N–H and O–H groups in total. The van der Waals surface area contributed by atoms with Crippen LogP contribution in [0.1, 0.15) is 45.6 Å². The van der Waals surface area contributed by atoms with E-state index in [2.05, 4.69) is 58.4 Å². The summed E-state index contributed by atoms with van der Waals surface area (Å²) in [6, 6.07) is 4.65. The number of hydrogen-bond acceptors (Lipinski definition) is 3. The first-order chi connectivity index (χ1) is 11.1. The predicted octanol–water partition coefficient (Wildman–Crippen LogP) is 3.40. The molecule has 1 aliphatic heterocycles. The maximum absolute atomic E-state index is 4.53. The maximum Gasteiger partial charge on any atom is 0.191 e. The van der Waals surface area contributed by atoms with Gasteiger partial charge >= 0.3 is 0 Å². The van der Waals surface area contributed by atoms with Gasteiger partial charge in [0.05, 0.1) is 0 Å². The molecule has 1 fully saturated rings. The van der Waals surface area contributed by atoms with Gasteiger partial charge in [0.25, 0.3) is 0 Å². The van der Waals surface area contributed by atoms with E-state index < -0.39 is 0 Å². The van der Waals surface area contributed by atoms with Crippen LogP contribution in [0, 0.1) is 5.92 Å². The van der Waals surface area contributed by atoms with Gasteiger partial charge in [-0.1, -0.05) is 13.8 Å². The van der Waals surface area contributed by atoms with E-state index in [0.29, 0.717) is 12.0 Å². The van der Waals surface area contributed by atoms with Gasteiger partial charge in [0.1, 0.15) is 5.82 Å². The largest absolute Gasteiger partial charge is 0.357 e. The number of pyridine rings is 1. The number of guanidine groups is 1. The lowest BCUT2D eigenvalue weighted by atomic mass is 10.1. The molecule has 0 radical (unpaired) electrons. The van der Waals surface area contributed by atoms with Gasteiger partial charge in [-0.15, -0.1) is 24.0 Å². The third-order valence-corrected chi connectivity index (χ3v) is 4.54. The summed E-state index contributed by atoms with van der Waals surface area (Å²) >= 11 is 0.